The normalized spacial score (nSPS) is 24.0. The third-order valence-corrected chi connectivity index (χ3v) is 4.52. The molecule has 1 heterocycles. The maximum Gasteiger partial charge on any atom is 0.254 e. The standard InChI is InChI=1S/C17H21FN2O3/c1-11(21)19-14-10-12(6-7-13(14)18)17(22)20-8-9-23-16-5-3-2-4-15(16)20/h6-7,10,15-16H,2-5,8-9H2,1H3,(H,19,21)/t15-,16-/m0/s1. The highest BCUT2D eigenvalue weighted by molar-refractivity contribution is 5.97. The Morgan fingerprint density at radius 2 is 2.09 bits per heavy atom. The lowest BCUT2D eigenvalue weighted by Crippen LogP contribution is -2.54. The summed E-state index contributed by atoms with van der Waals surface area (Å²) in [6, 6.07) is 4.19. The molecule has 1 saturated heterocycles. The van der Waals surface area contributed by atoms with Gasteiger partial charge in [-0.2, -0.15) is 0 Å². The van der Waals surface area contributed by atoms with Gasteiger partial charge in [0, 0.05) is 19.0 Å². The molecule has 0 unspecified atom stereocenters. The Kier molecular flexibility index (Phi) is 4.61. The van der Waals surface area contributed by atoms with Gasteiger partial charge in [-0.25, -0.2) is 4.39 Å². The second-order valence-electron chi connectivity index (χ2n) is 6.14. The van der Waals surface area contributed by atoms with Crippen LogP contribution < -0.4 is 5.32 Å². The molecule has 0 radical (unpaired) electrons. The van der Waals surface area contributed by atoms with Crippen LogP contribution in [0.4, 0.5) is 10.1 Å². The molecule has 2 atom stereocenters. The molecule has 23 heavy (non-hydrogen) atoms. The van der Waals surface area contributed by atoms with E-state index < -0.39 is 5.82 Å². The van der Waals surface area contributed by atoms with E-state index in [2.05, 4.69) is 5.32 Å². The minimum Gasteiger partial charge on any atom is -0.374 e. The Hall–Kier alpha value is -1.95. The molecule has 1 aromatic carbocycles. The Bertz CT molecular complexity index is 618. The molecule has 1 aromatic rings. The fraction of sp³-hybridized carbons (Fsp3) is 0.529. The van der Waals surface area contributed by atoms with Gasteiger partial charge < -0.3 is 15.0 Å². The van der Waals surface area contributed by atoms with Crippen molar-refractivity contribution in [1.29, 1.82) is 0 Å². The van der Waals surface area contributed by atoms with E-state index in [9.17, 15) is 14.0 Å². The third-order valence-electron chi connectivity index (χ3n) is 4.52. The topological polar surface area (TPSA) is 58.6 Å². The predicted octanol–water partition coefficient (Wildman–Crippen LogP) is 2.57. The number of halogens is 1. The van der Waals surface area contributed by atoms with E-state index in [1.54, 1.807) is 0 Å². The van der Waals surface area contributed by atoms with Crippen LogP contribution in [0.2, 0.25) is 0 Å². The zero-order valence-electron chi connectivity index (χ0n) is 13.2. The summed E-state index contributed by atoms with van der Waals surface area (Å²) in [6.07, 6.45) is 4.25. The highest BCUT2D eigenvalue weighted by Gasteiger charge is 2.37. The number of anilines is 1. The highest BCUT2D eigenvalue weighted by Crippen LogP contribution is 2.30. The number of carbonyl (C=O) groups excluding carboxylic acids is 2. The van der Waals surface area contributed by atoms with Gasteiger partial charge in [0.2, 0.25) is 5.91 Å². The molecule has 2 amide bonds. The van der Waals surface area contributed by atoms with Crippen LogP contribution in [0.1, 0.15) is 43.0 Å². The van der Waals surface area contributed by atoms with Crippen LogP contribution in [-0.4, -0.2) is 42.0 Å². The Balaban J connectivity index is 1.83. The molecule has 5 nitrogen and oxygen atoms in total. The van der Waals surface area contributed by atoms with Crippen molar-refractivity contribution >= 4 is 17.5 Å². The van der Waals surface area contributed by atoms with Crippen molar-refractivity contribution in [1.82, 2.24) is 4.90 Å². The molecular formula is C17H21FN2O3. The number of amides is 2. The molecule has 2 fully saturated rings. The van der Waals surface area contributed by atoms with Crippen molar-refractivity contribution in [3.63, 3.8) is 0 Å². The molecule has 124 valence electrons. The van der Waals surface area contributed by atoms with Crippen LogP contribution in [0.3, 0.4) is 0 Å². The quantitative estimate of drug-likeness (QED) is 0.911. The number of nitrogens with zero attached hydrogens (tertiary/aromatic N) is 1. The molecule has 1 saturated carbocycles. The fourth-order valence-electron chi connectivity index (χ4n) is 3.46. The number of rotatable bonds is 2. The predicted molar refractivity (Wildman–Crippen MR) is 83.7 cm³/mol. The summed E-state index contributed by atoms with van der Waals surface area (Å²) in [6.45, 7) is 2.39. The first-order valence-electron chi connectivity index (χ1n) is 8.06. The monoisotopic (exact) mass is 320 g/mol. The molecule has 0 aromatic heterocycles. The van der Waals surface area contributed by atoms with Crippen molar-refractivity contribution in [2.45, 2.75) is 44.8 Å². The number of benzene rings is 1. The van der Waals surface area contributed by atoms with Gasteiger partial charge in [-0.05, 0) is 31.0 Å². The first kappa shape index (κ1) is 15.9. The van der Waals surface area contributed by atoms with Crippen molar-refractivity contribution < 1.29 is 18.7 Å². The third kappa shape index (κ3) is 3.37. The second kappa shape index (κ2) is 6.66. The van der Waals surface area contributed by atoms with E-state index in [4.69, 9.17) is 4.74 Å². The molecule has 6 heteroatoms. The SMILES string of the molecule is CC(=O)Nc1cc(C(=O)N2CCO[C@H]3CCCC[C@@H]32)ccc1F. The Morgan fingerprint density at radius 1 is 1.30 bits per heavy atom. The van der Waals surface area contributed by atoms with Gasteiger partial charge in [-0.1, -0.05) is 12.8 Å². The van der Waals surface area contributed by atoms with Gasteiger partial charge in [0.1, 0.15) is 5.82 Å². The van der Waals surface area contributed by atoms with Crippen molar-refractivity contribution in [3.05, 3.63) is 29.6 Å². The first-order chi connectivity index (χ1) is 11.1. The van der Waals surface area contributed by atoms with Crippen LogP contribution in [-0.2, 0) is 9.53 Å². The zero-order chi connectivity index (χ0) is 16.4. The van der Waals surface area contributed by atoms with E-state index in [-0.39, 0.29) is 29.6 Å². The Morgan fingerprint density at radius 3 is 2.87 bits per heavy atom. The zero-order valence-corrected chi connectivity index (χ0v) is 13.2. The number of hydrogen-bond acceptors (Lipinski definition) is 3. The van der Waals surface area contributed by atoms with Crippen molar-refractivity contribution in [2.24, 2.45) is 0 Å². The summed E-state index contributed by atoms with van der Waals surface area (Å²) in [5.41, 5.74) is 0.429. The molecule has 0 bridgehead atoms. The lowest BCUT2D eigenvalue weighted by molar-refractivity contribution is -0.114. The minimum absolute atomic E-state index is 0.0387. The van der Waals surface area contributed by atoms with Crippen LogP contribution in [0.15, 0.2) is 18.2 Å². The molecule has 2 aliphatic rings. The first-order valence-corrected chi connectivity index (χ1v) is 8.06. The van der Waals surface area contributed by atoms with Gasteiger partial charge in [0.25, 0.3) is 5.91 Å². The van der Waals surface area contributed by atoms with Crippen LogP contribution >= 0.6 is 0 Å². The summed E-state index contributed by atoms with van der Waals surface area (Å²) in [5.74, 6) is -1.04. The van der Waals surface area contributed by atoms with Crippen LogP contribution in [0.5, 0.6) is 0 Å². The molecule has 1 aliphatic heterocycles. The number of morpholine rings is 1. The van der Waals surface area contributed by atoms with E-state index in [1.165, 1.54) is 25.1 Å². The van der Waals surface area contributed by atoms with Crippen molar-refractivity contribution in [2.75, 3.05) is 18.5 Å². The smallest absolute Gasteiger partial charge is 0.254 e. The van der Waals surface area contributed by atoms with Gasteiger partial charge in [0.05, 0.1) is 24.4 Å². The minimum atomic E-state index is -0.547. The number of fused-ring (bicyclic) bond motifs is 1. The summed E-state index contributed by atoms with van der Waals surface area (Å²) in [5, 5.41) is 2.42. The summed E-state index contributed by atoms with van der Waals surface area (Å²) in [4.78, 5) is 25.8. The van der Waals surface area contributed by atoms with Gasteiger partial charge in [0.15, 0.2) is 0 Å². The highest BCUT2D eigenvalue weighted by atomic mass is 19.1. The van der Waals surface area contributed by atoms with Crippen molar-refractivity contribution in [3.8, 4) is 0 Å². The van der Waals surface area contributed by atoms with E-state index in [0.717, 1.165) is 25.7 Å². The Labute approximate surface area is 134 Å². The number of hydrogen-bond donors (Lipinski definition) is 1. The van der Waals surface area contributed by atoms with Gasteiger partial charge >= 0.3 is 0 Å². The molecule has 0 spiro atoms. The van der Waals surface area contributed by atoms with E-state index in [1.807, 2.05) is 4.90 Å². The fourth-order valence-corrected chi connectivity index (χ4v) is 3.46. The number of carbonyl (C=O) groups is 2. The molecule has 3 rings (SSSR count). The summed E-state index contributed by atoms with van der Waals surface area (Å²) in [7, 11) is 0. The molecule has 1 N–H and O–H groups in total. The molecular weight excluding hydrogens is 299 g/mol. The van der Waals surface area contributed by atoms with Crippen LogP contribution in [0.25, 0.3) is 0 Å². The average Bonchev–Trinajstić information content (AvgIpc) is 2.55. The lowest BCUT2D eigenvalue weighted by Gasteiger charge is -2.43. The second-order valence-corrected chi connectivity index (χ2v) is 6.14. The average molecular weight is 320 g/mol. The van der Waals surface area contributed by atoms with Crippen LogP contribution in [0, 0.1) is 5.82 Å². The van der Waals surface area contributed by atoms with E-state index in [0.29, 0.717) is 18.7 Å². The number of nitrogens with one attached hydrogen (secondary N) is 1. The maximum atomic E-state index is 13.7. The van der Waals surface area contributed by atoms with Gasteiger partial charge in [-0.15, -0.1) is 0 Å². The lowest BCUT2D eigenvalue weighted by atomic mass is 9.89. The summed E-state index contributed by atoms with van der Waals surface area (Å²) >= 11 is 0. The molecule has 1 aliphatic carbocycles. The largest absolute Gasteiger partial charge is 0.374 e. The summed E-state index contributed by atoms with van der Waals surface area (Å²) < 4.78 is 19.5. The maximum absolute atomic E-state index is 13.7. The van der Waals surface area contributed by atoms with E-state index >= 15 is 0 Å². The number of ether oxygens (including phenoxy) is 1. The van der Waals surface area contributed by atoms with Gasteiger partial charge in [-0.3, -0.25) is 9.59 Å².